The van der Waals surface area contributed by atoms with E-state index in [1.807, 2.05) is 6.07 Å². The molecule has 0 heterocycles. The van der Waals surface area contributed by atoms with Crippen LogP contribution in [-0.4, -0.2) is 6.54 Å². The number of hydrogen-bond donors (Lipinski definition) is 1. The molecular weight excluding hydrogens is 249 g/mol. The van der Waals surface area contributed by atoms with Crippen molar-refractivity contribution in [1.29, 1.82) is 0 Å². The number of aryl methyl sites for hydroxylation is 3. The second kappa shape index (κ2) is 6.19. The summed E-state index contributed by atoms with van der Waals surface area (Å²) in [6.07, 6.45) is 0.777. The normalized spacial score (nSPS) is 12.4. The molecule has 0 aromatic heterocycles. The lowest BCUT2D eigenvalue weighted by molar-refractivity contribution is 0.620. The lowest BCUT2D eigenvalue weighted by atomic mass is 9.85. The van der Waals surface area contributed by atoms with Crippen molar-refractivity contribution in [1.82, 2.24) is 0 Å². The third-order valence-corrected chi connectivity index (χ3v) is 3.80. The third-order valence-electron chi connectivity index (χ3n) is 3.80. The van der Waals surface area contributed by atoms with Crippen LogP contribution in [0.5, 0.6) is 0 Å². The minimum Gasteiger partial charge on any atom is -0.330 e. The first-order chi connectivity index (χ1) is 9.51. The van der Waals surface area contributed by atoms with E-state index in [4.69, 9.17) is 5.73 Å². The van der Waals surface area contributed by atoms with E-state index in [0.717, 1.165) is 12.0 Å². The molecule has 2 aromatic carbocycles. The molecule has 0 radical (unpaired) electrons. The minimum absolute atomic E-state index is 0.185. The molecule has 2 heteroatoms. The first-order valence-corrected chi connectivity index (χ1v) is 7.03. The Kier molecular flexibility index (Phi) is 4.56. The van der Waals surface area contributed by atoms with Crippen LogP contribution in [0.1, 0.15) is 33.7 Å². The Balaban J connectivity index is 2.34. The molecule has 0 aliphatic heterocycles. The van der Waals surface area contributed by atoms with Crippen molar-refractivity contribution in [2.75, 3.05) is 6.54 Å². The van der Waals surface area contributed by atoms with Crippen LogP contribution in [0.4, 0.5) is 4.39 Å². The van der Waals surface area contributed by atoms with Gasteiger partial charge in [-0.1, -0.05) is 29.8 Å². The maximum atomic E-state index is 13.3. The highest BCUT2D eigenvalue weighted by Gasteiger charge is 2.16. The van der Waals surface area contributed by atoms with Gasteiger partial charge in [-0.15, -0.1) is 0 Å². The van der Waals surface area contributed by atoms with Gasteiger partial charge in [0.25, 0.3) is 0 Å². The van der Waals surface area contributed by atoms with Crippen LogP contribution >= 0.6 is 0 Å². The molecule has 20 heavy (non-hydrogen) atoms. The maximum absolute atomic E-state index is 13.3. The number of benzene rings is 2. The Labute approximate surface area is 120 Å². The molecule has 1 nitrogen and oxygen atoms in total. The van der Waals surface area contributed by atoms with Crippen LogP contribution < -0.4 is 5.73 Å². The van der Waals surface area contributed by atoms with E-state index in [2.05, 4.69) is 32.9 Å². The smallest absolute Gasteiger partial charge is 0.123 e. The SMILES string of the molecule is Cc1cc(C)c(C(CN)Cc2cccc(F)c2)c(C)c1. The summed E-state index contributed by atoms with van der Waals surface area (Å²) >= 11 is 0. The van der Waals surface area contributed by atoms with Crippen LogP contribution in [0.15, 0.2) is 36.4 Å². The van der Waals surface area contributed by atoms with Crippen LogP contribution in [0.3, 0.4) is 0 Å². The molecule has 0 amide bonds. The monoisotopic (exact) mass is 271 g/mol. The first-order valence-electron chi connectivity index (χ1n) is 7.03. The van der Waals surface area contributed by atoms with Gasteiger partial charge in [0.15, 0.2) is 0 Å². The van der Waals surface area contributed by atoms with E-state index in [-0.39, 0.29) is 11.7 Å². The predicted octanol–water partition coefficient (Wildman–Crippen LogP) is 4.04. The summed E-state index contributed by atoms with van der Waals surface area (Å²) in [6.45, 7) is 6.93. The molecule has 0 aliphatic carbocycles. The summed E-state index contributed by atoms with van der Waals surface area (Å²) in [7, 11) is 0. The van der Waals surface area contributed by atoms with Crippen molar-refractivity contribution < 1.29 is 4.39 Å². The quantitative estimate of drug-likeness (QED) is 0.892. The van der Waals surface area contributed by atoms with E-state index < -0.39 is 0 Å². The molecule has 0 bridgehead atoms. The minimum atomic E-state index is -0.185. The van der Waals surface area contributed by atoms with Gasteiger partial charge < -0.3 is 5.73 Å². The number of hydrogen-bond acceptors (Lipinski definition) is 1. The zero-order valence-corrected chi connectivity index (χ0v) is 12.4. The van der Waals surface area contributed by atoms with E-state index >= 15 is 0 Å². The van der Waals surface area contributed by atoms with Gasteiger partial charge in [0.05, 0.1) is 0 Å². The van der Waals surface area contributed by atoms with Gasteiger partial charge in [0.1, 0.15) is 5.82 Å². The van der Waals surface area contributed by atoms with Gasteiger partial charge >= 0.3 is 0 Å². The van der Waals surface area contributed by atoms with Gasteiger partial charge in [-0.3, -0.25) is 0 Å². The van der Waals surface area contributed by atoms with E-state index in [0.29, 0.717) is 6.54 Å². The average Bonchev–Trinajstić information content (AvgIpc) is 2.36. The molecule has 0 saturated carbocycles. The lowest BCUT2D eigenvalue weighted by Gasteiger charge is -2.21. The van der Waals surface area contributed by atoms with Gasteiger partial charge in [-0.25, -0.2) is 4.39 Å². The van der Waals surface area contributed by atoms with Crippen molar-refractivity contribution in [3.63, 3.8) is 0 Å². The third kappa shape index (κ3) is 3.26. The van der Waals surface area contributed by atoms with E-state index in [9.17, 15) is 4.39 Å². The molecule has 0 saturated heterocycles. The molecule has 106 valence electrons. The number of nitrogens with two attached hydrogens (primary N) is 1. The largest absolute Gasteiger partial charge is 0.330 e. The van der Waals surface area contributed by atoms with E-state index in [1.54, 1.807) is 12.1 Å². The van der Waals surface area contributed by atoms with E-state index in [1.165, 1.54) is 28.3 Å². The van der Waals surface area contributed by atoms with Crippen molar-refractivity contribution in [2.45, 2.75) is 33.1 Å². The summed E-state index contributed by atoms with van der Waals surface area (Å²) in [5.41, 5.74) is 12.1. The zero-order chi connectivity index (χ0) is 14.7. The molecule has 0 aliphatic rings. The standard InChI is InChI=1S/C18H22FN/c1-12-7-13(2)18(14(3)8-12)16(11-20)9-15-5-4-6-17(19)10-15/h4-8,10,16H,9,11,20H2,1-3H3. The Morgan fingerprint density at radius 1 is 1.05 bits per heavy atom. The highest BCUT2D eigenvalue weighted by Crippen LogP contribution is 2.27. The summed E-state index contributed by atoms with van der Waals surface area (Å²) in [5.74, 6) is 0.0491. The second-order valence-electron chi connectivity index (χ2n) is 5.58. The van der Waals surface area contributed by atoms with Gasteiger partial charge in [-0.2, -0.15) is 0 Å². The van der Waals surface area contributed by atoms with Crippen LogP contribution in [0.25, 0.3) is 0 Å². The van der Waals surface area contributed by atoms with Crippen LogP contribution in [-0.2, 0) is 6.42 Å². The Bertz CT molecular complexity index is 581. The Hall–Kier alpha value is -1.67. The molecule has 2 aromatic rings. The maximum Gasteiger partial charge on any atom is 0.123 e. The zero-order valence-electron chi connectivity index (χ0n) is 12.4. The highest BCUT2D eigenvalue weighted by atomic mass is 19.1. The van der Waals surface area contributed by atoms with Crippen LogP contribution in [0, 0.1) is 26.6 Å². The second-order valence-corrected chi connectivity index (χ2v) is 5.58. The fourth-order valence-electron chi connectivity index (χ4n) is 3.09. The first kappa shape index (κ1) is 14.7. The Morgan fingerprint density at radius 2 is 1.70 bits per heavy atom. The predicted molar refractivity (Wildman–Crippen MR) is 82.6 cm³/mol. The fraction of sp³-hybridized carbons (Fsp3) is 0.333. The van der Waals surface area contributed by atoms with Crippen molar-refractivity contribution in [3.8, 4) is 0 Å². The van der Waals surface area contributed by atoms with Gasteiger partial charge in [0, 0.05) is 5.92 Å². The molecule has 1 atom stereocenters. The molecular formula is C18H22FN. The summed E-state index contributed by atoms with van der Waals surface area (Å²) in [5, 5.41) is 0. The molecule has 0 spiro atoms. The topological polar surface area (TPSA) is 26.0 Å². The summed E-state index contributed by atoms with van der Waals surface area (Å²) in [4.78, 5) is 0. The van der Waals surface area contributed by atoms with Crippen molar-refractivity contribution in [3.05, 3.63) is 70.0 Å². The number of rotatable bonds is 4. The molecule has 0 fully saturated rings. The Morgan fingerprint density at radius 3 is 2.25 bits per heavy atom. The van der Waals surface area contributed by atoms with Gasteiger partial charge in [-0.05, 0) is 68.1 Å². The molecule has 1 unspecified atom stereocenters. The summed E-state index contributed by atoms with van der Waals surface area (Å²) in [6, 6.07) is 11.2. The van der Waals surface area contributed by atoms with Gasteiger partial charge in [0.2, 0.25) is 0 Å². The highest BCUT2D eigenvalue weighted by molar-refractivity contribution is 5.41. The number of halogens is 1. The lowest BCUT2D eigenvalue weighted by Crippen LogP contribution is -2.17. The molecule has 2 rings (SSSR count). The van der Waals surface area contributed by atoms with Crippen LogP contribution in [0.2, 0.25) is 0 Å². The van der Waals surface area contributed by atoms with Crippen molar-refractivity contribution >= 4 is 0 Å². The fourth-order valence-corrected chi connectivity index (χ4v) is 3.09. The summed E-state index contributed by atoms with van der Waals surface area (Å²) < 4.78 is 13.3. The average molecular weight is 271 g/mol. The van der Waals surface area contributed by atoms with Crippen molar-refractivity contribution in [2.24, 2.45) is 5.73 Å². The molecule has 2 N–H and O–H groups in total.